The van der Waals surface area contributed by atoms with Gasteiger partial charge in [-0.25, -0.2) is 18.8 Å². The smallest absolute Gasteiger partial charge is 0.185 e. The summed E-state index contributed by atoms with van der Waals surface area (Å²) in [5.74, 6) is 0.0362. The molecule has 10 nitrogen and oxygen atoms in total. The highest BCUT2D eigenvalue weighted by Crippen LogP contribution is 2.21. The second-order valence-electron chi connectivity index (χ2n) is 9.29. The quantitative estimate of drug-likeness (QED) is 0.145. The molecule has 1 fully saturated rings. The number of H-pyrrole nitrogens is 2. The summed E-state index contributed by atoms with van der Waals surface area (Å²) in [4.78, 5) is 20.2. The molecule has 0 aromatic carbocycles. The molecule has 12 heteroatoms. The molecule has 3 aromatic heterocycles. The van der Waals surface area contributed by atoms with Crippen molar-refractivity contribution in [3.05, 3.63) is 83.3 Å². The van der Waals surface area contributed by atoms with E-state index in [1.165, 1.54) is 6.08 Å². The van der Waals surface area contributed by atoms with E-state index in [0.717, 1.165) is 35.7 Å². The molecule has 3 N–H and O–H groups in total. The van der Waals surface area contributed by atoms with Gasteiger partial charge >= 0.3 is 0 Å². The number of halogens is 2. The number of aromatic amines is 2. The average Bonchev–Trinajstić information content (AvgIpc) is 3.55. The van der Waals surface area contributed by atoms with E-state index in [2.05, 4.69) is 52.0 Å². The van der Waals surface area contributed by atoms with Crippen molar-refractivity contribution in [2.24, 2.45) is 9.98 Å². The number of nitrogens with one attached hydrogen (secondary N) is 3. The number of anilines is 1. The van der Waals surface area contributed by atoms with Gasteiger partial charge in [-0.15, -0.1) is 0 Å². The second-order valence-corrected chi connectivity index (χ2v) is 9.29. The van der Waals surface area contributed by atoms with E-state index in [4.69, 9.17) is 4.74 Å². The third-order valence-corrected chi connectivity index (χ3v) is 6.28. The van der Waals surface area contributed by atoms with Crippen LogP contribution in [0.1, 0.15) is 17.0 Å². The van der Waals surface area contributed by atoms with Crippen molar-refractivity contribution in [3.8, 4) is 11.4 Å². The first-order valence-corrected chi connectivity index (χ1v) is 12.7. The van der Waals surface area contributed by atoms with Crippen LogP contribution in [-0.2, 0) is 4.74 Å². The van der Waals surface area contributed by atoms with E-state index < -0.39 is 11.6 Å². The summed E-state index contributed by atoms with van der Waals surface area (Å²) < 4.78 is 33.7. The van der Waals surface area contributed by atoms with Crippen LogP contribution in [0, 0.1) is 13.8 Å². The Balaban J connectivity index is 1.51. The molecule has 40 heavy (non-hydrogen) atoms. The first-order chi connectivity index (χ1) is 19.4. The molecule has 0 amide bonds. The van der Waals surface area contributed by atoms with Gasteiger partial charge in [0.2, 0.25) is 0 Å². The fourth-order valence-electron chi connectivity index (χ4n) is 4.10. The maximum atomic E-state index is 14.8. The second kappa shape index (κ2) is 13.5. The van der Waals surface area contributed by atoms with E-state index in [1.54, 1.807) is 18.3 Å². The number of amidine groups is 1. The Morgan fingerprint density at radius 2 is 2.02 bits per heavy atom. The monoisotopic (exact) mass is 549 g/mol. The molecule has 4 heterocycles. The maximum Gasteiger partial charge on any atom is 0.185 e. The number of allylic oxidation sites excluding steroid dienone is 1. The maximum absolute atomic E-state index is 14.8. The van der Waals surface area contributed by atoms with Crippen LogP contribution in [0.2, 0.25) is 0 Å². The highest BCUT2D eigenvalue weighted by Gasteiger charge is 2.18. The Labute approximate surface area is 231 Å². The summed E-state index contributed by atoms with van der Waals surface area (Å²) >= 11 is 0. The molecule has 4 rings (SSSR count). The number of aliphatic imine (C=N–C) groups is 2. The van der Waals surface area contributed by atoms with E-state index in [0.29, 0.717) is 36.3 Å². The highest BCUT2D eigenvalue weighted by atomic mass is 19.1. The molecule has 3 aromatic rings. The molecular weight excluding hydrogens is 516 g/mol. The van der Waals surface area contributed by atoms with Crippen molar-refractivity contribution in [2.45, 2.75) is 13.8 Å². The number of piperazine rings is 1. The van der Waals surface area contributed by atoms with E-state index in [9.17, 15) is 8.78 Å². The van der Waals surface area contributed by atoms with Crippen molar-refractivity contribution >= 4 is 24.4 Å². The number of pyridine rings is 1. The summed E-state index contributed by atoms with van der Waals surface area (Å²) in [7, 11) is 2.04. The van der Waals surface area contributed by atoms with E-state index in [1.807, 2.05) is 45.2 Å². The zero-order valence-corrected chi connectivity index (χ0v) is 22.8. The Hall–Kier alpha value is -4.58. The average molecular weight is 550 g/mol. The Kier molecular flexibility index (Phi) is 9.57. The van der Waals surface area contributed by atoms with Crippen LogP contribution in [0.5, 0.6) is 0 Å². The lowest BCUT2D eigenvalue weighted by Crippen LogP contribution is -2.47. The lowest BCUT2D eigenvalue weighted by Gasteiger charge is -2.33. The van der Waals surface area contributed by atoms with Gasteiger partial charge in [0.15, 0.2) is 24.1 Å². The van der Waals surface area contributed by atoms with Crippen molar-refractivity contribution in [1.82, 2.24) is 30.0 Å². The molecule has 1 aliphatic heterocycles. The van der Waals surface area contributed by atoms with Crippen LogP contribution >= 0.6 is 0 Å². The van der Waals surface area contributed by atoms with Crippen LogP contribution in [0.25, 0.3) is 17.5 Å². The van der Waals surface area contributed by atoms with Gasteiger partial charge in [0.25, 0.3) is 0 Å². The molecule has 0 bridgehead atoms. The molecule has 0 aliphatic carbocycles. The topological polar surface area (TPSA) is 110 Å². The molecule has 0 saturated carbocycles. The van der Waals surface area contributed by atoms with Gasteiger partial charge in [-0.3, -0.25) is 10.1 Å². The number of hydrogen-bond donors (Lipinski definition) is 3. The van der Waals surface area contributed by atoms with Crippen LogP contribution < -0.4 is 5.32 Å². The highest BCUT2D eigenvalue weighted by molar-refractivity contribution is 5.94. The van der Waals surface area contributed by atoms with Gasteiger partial charge in [0, 0.05) is 62.0 Å². The van der Waals surface area contributed by atoms with Gasteiger partial charge < -0.3 is 24.8 Å². The number of nitrogens with zero attached hydrogens (tertiary/aromatic N) is 6. The van der Waals surface area contributed by atoms with Gasteiger partial charge in [0.05, 0.1) is 11.4 Å². The number of aryl methyl sites for hydroxylation is 2. The van der Waals surface area contributed by atoms with Gasteiger partial charge in [-0.2, -0.15) is 5.10 Å². The lowest BCUT2D eigenvalue weighted by molar-refractivity contribution is 0.201. The van der Waals surface area contributed by atoms with Crippen molar-refractivity contribution in [3.63, 3.8) is 0 Å². The normalized spacial score (nSPS) is 15.9. The summed E-state index contributed by atoms with van der Waals surface area (Å²) in [5.41, 5.74) is 3.74. The first-order valence-electron chi connectivity index (χ1n) is 12.7. The number of hydrogen-bond acceptors (Lipinski definition) is 7. The molecule has 0 radical (unpaired) electrons. The minimum absolute atomic E-state index is 0.0902. The lowest BCUT2D eigenvalue weighted by atomic mass is 10.2. The number of aromatic nitrogens is 4. The Morgan fingerprint density at radius 1 is 1.23 bits per heavy atom. The Morgan fingerprint density at radius 3 is 2.67 bits per heavy atom. The third-order valence-electron chi connectivity index (χ3n) is 6.28. The molecule has 0 atom stereocenters. The van der Waals surface area contributed by atoms with Crippen LogP contribution in [-0.4, -0.2) is 82.5 Å². The van der Waals surface area contributed by atoms with Crippen molar-refractivity contribution < 1.29 is 13.5 Å². The van der Waals surface area contributed by atoms with E-state index in [-0.39, 0.29) is 13.1 Å². The van der Waals surface area contributed by atoms with Crippen LogP contribution in [0.3, 0.4) is 0 Å². The largest absolute Gasteiger partial charge is 0.466 e. The minimum Gasteiger partial charge on any atom is -0.466 e. The number of rotatable bonds is 10. The SMILES string of the molecule is C=N/C(=C\C(=N/COC(=C\F)/C(F)=C\c1[nH]c(C)cc1C)N1CCN(C)CC1)Nc1cc(-c2ccccn2)[nH]n1. The minimum atomic E-state index is -0.850. The van der Waals surface area contributed by atoms with Crippen molar-refractivity contribution in [1.29, 1.82) is 0 Å². The Bertz CT molecular complexity index is 1410. The number of likely N-dealkylation sites (N-methyl/N-ethyl adjacent to an activating group) is 1. The third kappa shape index (κ3) is 7.50. The molecule has 1 saturated heterocycles. The van der Waals surface area contributed by atoms with Gasteiger partial charge in [-0.05, 0) is 51.4 Å². The predicted molar refractivity (Wildman–Crippen MR) is 154 cm³/mol. The van der Waals surface area contributed by atoms with Gasteiger partial charge in [-0.1, -0.05) is 6.07 Å². The van der Waals surface area contributed by atoms with Crippen molar-refractivity contribution in [2.75, 3.05) is 45.3 Å². The zero-order chi connectivity index (χ0) is 28.5. The standard InChI is InChI=1S/C28H33F2N9O/c1-19-13-20(2)34-23(19)14-21(30)25(17-29)40-18-33-28(39-11-9-38(4)10-12-39)16-26(31-3)35-27-15-24(36-37-27)22-7-5-6-8-32-22/h5-8,13-17,34H,3,9-12,18H2,1-2,4H3,(H2,35,36,37)/b21-14+,25-17-,26-16+,33-28+. The fraction of sp³-hybridized carbons (Fsp3) is 0.286. The van der Waals surface area contributed by atoms with Crippen LogP contribution in [0.4, 0.5) is 14.6 Å². The molecule has 210 valence electrons. The van der Waals surface area contributed by atoms with Gasteiger partial charge in [0.1, 0.15) is 18.0 Å². The summed E-state index contributed by atoms with van der Waals surface area (Å²) in [6.07, 6.45) is 4.69. The summed E-state index contributed by atoms with van der Waals surface area (Å²) in [6, 6.07) is 9.28. The molecule has 0 unspecified atom stereocenters. The predicted octanol–water partition coefficient (Wildman–Crippen LogP) is 4.81. The summed E-state index contributed by atoms with van der Waals surface area (Å²) in [5, 5.41) is 10.3. The summed E-state index contributed by atoms with van der Waals surface area (Å²) in [6.45, 7) is 10.1. The molecular formula is C28H33F2N9O. The number of ether oxygens (including phenoxy) is 1. The fourth-order valence-corrected chi connectivity index (χ4v) is 4.10. The van der Waals surface area contributed by atoms with Crippen LogP contribution in [0.15, 0.2) is 76.3 Å². The zero-order valence-electron chi connectivity index (χ0n) is 22.8. The molecule has 1 aliphatic rings. The first kappa shape index (κ1) is 28.4. The molecule has 0 spiro atoms. The van der Waals surface area contributed by atoms with E-state index >= 15 is 0 Å².